The minimum atomic E-state index is -3.61. The fourth-order valence-electron chi connectivity index (χ4n) is 3.40. The van der Waals surface area contributed by atoms with Crippen LogP contribution in [0.15, 0.2) is 51.8 Å². The molecule has 1 aliphatic rings. The molecule has 0 aliphatic carbocycles. The van der Waals surface area contributed by atoms with Crippen LogP contribution in [0.4, 0.5) is 5.69 Å². The molecule has 1 saturated heterocycles. The van der Waals surface area contributed by atoms with Crippen molar-refractivity contribution < 1.29 is 17.9 Å². The number of nitrogens with zero attached hydrogens (tertiary/aromatic N) is 1. The third-order valence-corrected chi connectivity index (χ3v) is 7.18. The van der Waals surface area contributed by atoms with Crippen LogP contribution in [0.25, 0.3) is 0 Å². The highest BCUT2D eigenvalue weighted by atomic mass is 79.9. The van der Waals surface area contributed by atoms with Gasteiger partial charge in [0.25, 0.3) is 0 Å². The van der Waals surface area contributed by atoms with Crippen molar-refractivity contribution in [2.24, 2.45) is 0 Å². The number of nitrogens with one attached hydrogen (secondary N) is 1. The minimum Gasteiger partial charge on any atom is -0.489 e. The first-order chi connectivity index (χ1) is 14.3. The monoisotopic (exact) mass is 494 g/mol. The molecule has 3 rings (SSSR count). The van der Waals surface area contributed by atoms with Gasteiger partial charge in [-0.05, 0) is 62.6 Å². The van der Waals surface area contributed by atoms with Crippen LogP contribution in [-0.2, 0) is 21.2 Å². The molecule has 162 valence electrons. The zero-order valence-corrected chi connectivity index (χ0v) is 19.6. The summed E-state index contributed by atoms with van der Waals surface area (Å²) in [6, 6.07) is 12.2. The van der Waals surface area contributed by atoms with Crippen molar-refractivity contribution in [2.45, 2.75) is 50.5 Å². The number of carbonyl (C=O) groups is 1. The molecular formula is C22H27BrN2O4S. The fourth-order valence-corrected chi connectivity index (χ4v) is 5.40. The predicted octanol–water partition coefficient (Wildman–Crippen LogP) is 4.59. The van der Waals surface area contributed by atoms with Crippen LogP contribution < -0.4 is 10.1 Å². The number of carbonyl (C=O) groups excluding carboxylic acids is 1. The highest BCUT2D eigenvalue weighted by Gasteiger charge is 2.27. The third-order valence-electron chi connectivity index (χ3n) is 4.79. The predicted molar refractivity (Wildman–Crippen MR) is 121 cm³/mol. The van der Waals surface area contributed by atoms with Gasteiger partial charge in [-0.3, -0.25) is 4.79 Å². The summed E-state index contributed by atoms with van der Waals surface area (Å²) < 4.78 is 34.3. The first-order valence-corrected chi connectivity index (χ1v) is 12.3. The summed E-state index contributed by atoms with van der Waals surface area (Å²) in [6.07, 6.45) is 2.83. The van der Waals surface area contributed by atoms with E-state index in [0.717, 1.165) is 29.3 Å². The topological polar surface area (TPSA) is 75.7 Å². The maximum atomic E-state index is 13.1. The molecule has 1 amide bonds. The molecule has 6 nitrogen and oxygen atoms in total. The Labute approximate surface area is 186 Å². The van der Waals surface area contributed by atoms with E-state index >= 15 is 0 Å². The first-order valence-electron chi connectivity index (χ1n) is 10.1. The van der Waals surface area contributed by atoms with Gasteiger partial charge in [0, 0.05) is 17.6 Å². The van der Waals surface area contributed by atoms with E-state index in [1.807, 2.05) is 38.1 Å². The largest absolute Gasteiger partial charge is 0.489 e. The van der Waals surface area contributed by atoms with Crippen molar-refractivity contribution in [3.8, 4) is 5.75 Å². The van der Waals surface area contributed by atoms with E-state index < -0.39 is 10.0 Å². The maximum absolute atomic E-state index is 13.1. The van der Waals surface area contributed by atoms with Crippen LogP contribution in [0.2, 0.25) is 0 Å². The van der Waals surface area contributed by atoms with Crippen LogP contribution in [0.1, 0.15) is 38.7 Å². The SMILES string of the molecule is CC(C)Oc1ccc(S(=O)(=O)N2CCCCC2)cc1NC(=O)Cc1cccc(Br)c1. The summed E-state index contributed by atoms with van der Waals surface area (Å²) >= 11 is 3.40. The van der Waals surface area contributed by atoms with Crippen LogP contribution in [0, 0.1) is 0 Å². The number of benzene rings is 2. The molecule has 2 aromatic rings. The standard InChI is InChI=1S/C22H27BrN2O4S/c1-16(2)29-21-10-9-19(30(27,28)25-11-4-3-5-12-25)15-20(21)24-22(26)14-17-7-6-8-18(23)13-17/h6-10,13,15-16H,3-5,11-12,14H2,1-2H3,(H,24,26). The fraction of sp³-hybridized carbons (Fsp3) is 0.409. The highest BCUT2D eigenvalue weighted by Crippen LogP contribution is 2.31. The smallest absolute Gasteiger partial charge is 0.243 e. The molecule has 0 bridgehead atoms. The molecule has 1 heterocycles. The summed E-state index contributed by atoms with van der Waals surface area (Å²) in [4.78, 5) is 12.8. The van der Waals surface area contributed by atoms with Crippen LogP contribution >= 0.6 is 15.9 Å². The zero-order chi connectivity index (χ0) is 21.7. The van der Waals surface area contributed by atoms with Gasteiger partial charge in [0.05, 0.1) is 23.1 Å². The lowest BCUT2D eigenvalue weighted by Crippen LogP contribution is -2.35. The Morgan fingerprint density at radius 2 is 1.87 bits per heavy atom. The quantitative estimate of drug-likeness (QED) is 0.610. The first kappa shape index (κ1) is 22.8. The van der Waals surface area contributed by atoms with Crippen LogP contribution in [-0.4, -0.2) is 37.8 Å². The number of hydrogen-bond donors (Lipinski definition) is 1. The number of hydrogen-bond acceptors (Lipinski definition) is 4. The van der Waals surface area contributed by atoms with Gasteiger partial charge < -0.3 is 10.1 Å². The molecule has 1 N–H and O–H groups in total. The lowest BCUT2D eigenvalue weighted by atomic mass is 10.1. The van der Waals surface area contributed by atoms with E-state index in [2.05, 4.69) is 21.2 Å². The van der Waals surface area contributed by atoms with Gasteiger partial charge in [0.1, 0.15) is 5.75 Å². The minimum absolute atomic E-state index is 0.115. The summed E-state index contributed by atoms with van der Waals surface area (Å²) in [7, 11) is -3.61. The molecule has 30 heavy (non-hydrogen) atoms. The van der Waals surface area contributed by atoms with Crippen molar-refractivity contribution in [3.63, 3.8) is 0 Å². The van der Waals surface area contributed by atoms with Gasteiger partial charge in [-0.2, -0.15) is 4.31 Å². The van der Waals surface area contributed by atoms with Gasteiger partial charge in [0.2, 0.25) is 15.9 Å². The van der Waals surface area contributed by atoms with E-state index in [0.29, 0.717) is 24.5 Å². The molecule has 0 unspecified atom stereocenters. The Morgan fingerprint density at radius 3 is 2.53 bits per heavy atom. The van der Waals surface area contributed by atoms with Crippen LogP contribution in [0.3, 0.4) is 0 Å². The molecule has 0 aromatic heterocycles. The Kier molecular flexibility index (Phi) is 7.55. The zero-order valence-electron chi connectivity index (χ0n) is 17.2. The molecule has 0 saturated carbocycles. The number of ether oxygens (including phenoxy) is 1. The number of amides is 1. The van der Waals surface area contributed by atoms with E-state index in [9.17, 15) is 13.2 Å². The molecular weight excluding hydrogens is 468 g/mol. The number of halogens is 1. The van der Waals surface area contributed by atoms with Crippen molar-refractivity contribution in [1.29, 1.82) is 0 Å². The van der Waals surface area contributed by atoms with Gasteiger partial charge in [-0.15, -0.1) is 0 Å². The Hall–Kier alpha value is -1.90. The van der Waals surface area contributed by atoms with Crippen LogP contribution in [0.5, 0.6) is 5.75 Å². The van der Waals surface area contributed by atoms with E-state index in [-0.39, 0.29) is 23.3 Å². The number of anilines is 1. The Bertz CT molecular complexity index is 1000. The second-order valence-electron chi connectivity index (χ2n) is 7.64. The van der Waals surface area contributed by atoms with Crippen molar-refractivity contribution >= 4 is 37.5 Å². The van der Waals surface area contributed by atoms with Crippen molar-refractivity contribution in [1.82, 2.24) is 4.31 Å². The van der Waals surface area contributed by atoms with E-state index in [1.54, 1.807) is 12.1 Å². The molecule has 0 spiro atoms. The van der Waals surface area contributed by atoms with Gasteiger partial charge in [-0.25, -0.2) is 8.42 Å². The summed E-state index contributed by atoms with van der Waals surface area (Å²) in [5.74, 6) is 0.208. The molecule has 0 radical (unpaired) electrons. The normalized spacial score (nSPS) is 15.2. The molecule has 1 aliphatic heterocycles. The Balaban J connectivity index is 1.86. The second-order valence-corrected chi connectivity index (χ2v) is 10.5. The van der Waals surface area contributed by atoms with E-state index in [1.165, 1.54) is 10.4 Å². The lowest BCUT2D eigenvalue weighted by molar-refractivity contribution is -0.115. The van der Waals surface area contributed by atoms with Crippen molar-refractivity contribution in [3.05, 3.63) is 52.5 Å². The summed E-state index contributed by atoms with van der Waals surface area (Å²) in [5.41, 5.74) is 1.21. The molecule has 2 aromatic carbocycles. The summed E-state index contributed by atoms with van der Waals surface area (Å²) in [5, 5.41) is 2.84. The molecule has 1 fully saturated rings. The summed E-state index contributed by atoms with van der Waals surface area (Å²) in [6.45, 7) is 4.81. The van der Waals surface area contributed by atoms with Crippen molar-refractivity contribution in [2.75, 3.05) is 18.4 Å². The number of rotatable bonds is 7. The maximum Gasteiger partial charge on any atom is 0.243 e. The van der Waals surface area contributed by atoms with Gasteiger partial charge >= 0.3 is 0 Å². The van der Waals surface area contributed by atoms with Gasteiger partial charge in [0.15, 0.2) is 0 Å². The average Bonchev–Trinajstić information content (AvgIpc) is 2.69. The Morgan fingerprint density at radius 1 is 1.13 bits per heavy atom. The van der Waals surface area contributed by atoms with Gasteiger partial charge in [-0.1, -0.05) is 34.5 Å². The molecule has 8 heteroatoms. The lowest BCUT2D eigenvalue weighted by Gasteiger charge is -2.26. The molecule has 0 atom stereocenters. The number of piperidine rings is 1. The van der Waals surface area contributed by atoms with E-state index in [4.69, 9.17) is 4.74 Å². The number of sulfonamides is 1. The average molecular weight is 495 g/mol. The second kappa shape index (κ2) is 9.94. The highest BCUT2D eigenvalue weighted by molar-refractivity contribution is 9.10. The third kappa shape index (κ3) is 5.83.